The van der Waals surface area contributed by atoms with E-state index in [0.717, 1.165) is 26.1 Å². The molecule has 0 fully saturated rings. The number of carbonyl (C=O) groups is 2. The molecule has 0 bridgehead atoms. The minimum atomic E-state index is -0.330. The third kappa shape index (κ3) is 5.11. The molecule has 0 aliphatic carbocycles. The average Bonchev–Trinajstić information content (AvgIpc) is 2.55. The molecule has 126 valence electrons. The van der Waals surface area contributed by atoms with E-state index in [0.29, 0.717) is 5.56 Å². The fraction of sp³-hybridized carbons (Fsp3) is 0.222. The summed E-state index contributed by atoms with van der Waals surface area (Å²) in [5.41, 5.74) is 8.68. The van der Waals surface area contributed by atoms with Crippen molar-refractivity contribution in [1.29, 1.82) is 0 Å². The molecule has 4 nitrogen and oxygen atoms in total. The highest BCUT2D eigenvalue weighted by Crippen LogP contribution is 2.28. The van der Waals surface area contributed by atoms with E-state index < -0.39 is 0 Å². The van der Waals surface area contributed by atoms with Crippen LogP contribution in [-0.2, 0) is 4.79 Å². The van der Waals surface area contributed by atoms with Crippen LogP contribution >= 0.6 is 27.7 Å². The van der Waals surface area contributed by atoms with E-state index in [1.165, 1.54) is 11.8 Å². The number of hydrogen-bond acceptors (Lipinski definition) is 3. The molecule has 0 unspecified atom stereocenters. The lowest BCUT2D eigenvalue weighted by atomic mass is 10.1. The smallest absolute Gasteiger partial charge is 0.269 e. The van der Waals surface area contributed by atoms with E-state index in [1.807, 2.05) is 45.0 Å². The third-order valence-corrected chi connectivity index (χ3v) is 5.46. The SMILES string of the molecule is Cc1ccc(C(=O)NNC(=O)CSc2cc(C)c(Br)cc2C)cc1. The van der Waals surface area contributed by atoms with Gasteiger partial charge in [-0.25, -0.2) is 0 Å². The van der Waals surface area contributed by atoms with E-state index in [2.05, 4.69) is 26.8 Å². The van der Waals surface area contributed by atoms with Gasteiger partial charge < -0.3 is 0 Å². The lowest BCUT2D eigenvalue weighted by molar-refractivity contribution is -0.119. The van der Waals surface area contributed by atoms with Crippen molar-refractivity contribution in [1.82, 2.24) is 10.9 Å². The number of rotatable bonds is 4. The molecule has 0 aliphatic rings. The van der Waals surface area contributed by atoms with Gasteiger partial charge in [-0.1, -0.05) is 33.6 Å². The van der Waals surface area contributed by atoms with E-state index >= 15 is 0 Å². The van der Waals surface area contributed by atoms with Gasteiger partial charge in [0.05, 0.1) is 5.75 Å². The maximum absolute atomic E-state index is 11.9. The van der Waals surface area contributed by atoms with Crippen LogP contribution in [0.4, 0.5) is 0 Å². The van der Waals surface area contributed by atoms with Crippen LogP contribution in [0.5, 0.6) is 0 Å². The number of benzene rings is 2. The van der Waals surface area contributed by atoms with Crippen LogP contribution < -0.4 is 10.9 Å². The molecule has 2 amide bonds. The molecular weight excluding hydrogens is 388 g/mol. The van der Waals surface area contributed by atoms with Crippen molar-refractivity contribution < 1.29 is 9.59 Å². The molecule has 2 aromatic rings. The summed E-state index contributed by atoms with van der Waals surface area (Å²) in [5.74, 6) is -0.347. The van der Waals surface area contributed by atoms with Crippen molar-refractivity contribution in [2.75, 3.05) is 5.75 Å². The molecule has 0 radical (unpaired) electrons. The average molecular weight is 407 g/mol. The quantitative estimate of drug-likeness (QED) is 0.597. The third-order valence-electron chi connectivity index (χ3n) is 3.44. The Morgan fingerprint density at radius 2 is 1.67 bits per heavy atom. The number of hydrazine groups is 1. The van der Waals surface area contributed by atoms with Crippen LogP contribution in [-0.4, -0.2) is 17.6 Å². The number of nitrogens with one attached hydrogen (secondary N) is 2. The second-order valence-electron chi connectivity index (χ2n) is 5.52. The number of hydrogen-bond donors (Lipinski definition) is 2. The zero-order chi connectivity index (χ0) is 17.7. The van der Waals surface area contributed by atoms with Crippen molar-refractivity contribution in [3.8, 4) is 0 Å². The van der Waals surface area contributed by atoms with E-state index in [1.54, 1.807) is 12.1 Å². The highest BCUT2D eigenvalue weighted by molar-refractivity contribution is 9.10. The molecule has 2 rings (SSSR count). The summed E-state index contributed by atoms with van der Waals surface area (Å²) in [5, 5.41) is 0. The summed E-state index contributed by atoms with van der Waals surface area (Å²) in [7, 11) is 0. The molecule has 0 heterocycles. The zero-order valence-corrected chi connectivity index (χ0v) is 16.2. The Hall–Kier alpha value is -1.79. The van der Waals surface area contributed by atoms with E-state index in [4.69, 9.17) is 0 Å². The van der Waals surface area contributed by atoms with Crippen LogP contribution in [0.2, 0.25) is 0 Å². The van der Waals surface area contributed by atoms with E-state index in [9.17, 15) is 9.59 Å². The Balaban J connectivity index is 1.84. The van der Waals surface area contributed by atoms with Gasteiger partial charge in [0.1, 0.15) is 0 Å². The van der Waals surface area contributed by atoms with Gasteiger partial charge in [0.15, 0.2) is 0 Å². The van der Waals surface area contributed by atoms with Gasteiger partial charge in [-0.15, -0.1) is 11.8 Å². The second-order valence-corrected chi connectivity index (χ2v) is 7.40. The molecular formula is C18H19BrN2O2S. The molecule has 6 heteroatoms. The van der Waals surface area contributed by atoms with Crippen molar-refractivity contribution in [3.05, 3.63) is 63.1 Å². The fourth-order valence-corrected chi connectivity index (χ4v) is 3.36. The first-order chi connectivity index (χ1) is 11.4. The molecule has 0 saturated heterocycles. The Kier molecular flexibility index (Phi) is 6.45. The first kappa shape index (κ1) is 18.5. The first-order valence-corrected chi connectivity index (χ1v) is 9.20. The van der Waals surface area contributed by atoms with Gasteiger partial charge in [0.25, 0.3) is 5.91 Å². The van der Waals surface area contributed by atoms with Gasteiger partial charge >= 0.3 is 0 Å². The molecule has 0 saturated carbocycles. The molecule has 0 aromatic heterocycles. The van der Waals surface area contributed by atoms with E-state index in [-0.39, 0.29) is 17.6 Å². The Morgan fingerprint density at radius 3 is 2.33 bits per heavy atom. The van der Waals surface area contributed by atoms with Crippen molar-refractivity contribution in [3.63, 3.8) is 0 Å². The monoisotopic (exact) mass is 406 g/mol. The van der Waals surface area contributed by atoms with Gasteiger partial charge in [-0.3, -0.25) is 20.4 Å². The maximum atomic E-state index is 11.9. The van der Waals surface area contributed by atoms with Crippen LogP contribution in [0.3, 0.4) is 0 Å². The maximum Gasteiger partial charge on any atom is 0.269 e. The lowest BCUT2D eigenvalue weighted by Gasteiger charge is -2.10. The predicted octanol–water partition coefficient (Wildman–Crippen LogP) is 3.93. The highest BCUT2D eigenvalue weighted by Gasteiger charge is 2.09. The molecule has 0 aliphatic heterocycles. The van der Waals surface area contributed by atoms with Crippen LogP contribution in [0, 0.1) is 20.8 Å². The minimum absolute atomic E-state index is 0.232. The molecule has 0 spiro atoms. The largest absolute Gasteiger partial charge is 0.272 e. The topological polar surface area (TPSA) is 58.2 Å². The van der Waals surface area contributed by atoms with Crippen LogP contribution in [0.15, 0.2) is 45.8 Å². The molecule has 0 atom stereocenters. The second kappa shape index (κ2) is 8.35. The molecule has 2 aromatic carbocycles. The predicted molar refractivity (Wildman–Crippen MR) is 101 cm³/mol. The summed E-state index contributed by atoms with van der Waals surface area (Å²) >= 11 is 4.93. The number of carbonyl (C=O) groups excluding carboxylic acids is 2. The summed E-state index contributed by atoms with van der Waals surface area (Å²) in [6, 6.07) is 11.2. The summed E-state index contributed by atoms with van der Waals surface area (Å²) in [4.78, 5) is 24.9. The molecule has 24 heavy (non-hydrogen) atoms. The highest BCUT2D eigenvalue weighted by atomic mass is 79.9. The van der Waals surface area contributed by atoms with Gasteiger partial charge in [-0.2, -0.15) is 0 Å². The van der Waals surface area contributed by atoms with Crippen molar-refractivity contribution >= 4 is 39.5 Å². The van der Waals surface area contributed by atoms with Crippen LogP contribution in [0.25, 0.3) is 0 Å². The Bertz CT molecular complexity index is 760. The molecule has 2 N–H and O–H groups in total. The zero-order valence-electron chi connectivity index (χ0n) is 13.8. The summed E-state index contributed by atoms with van der Waals surface area (Å²) in [6.07, 6.45) is 0. The minimum Gasteiger partial charge on any atom is -0.272 e. The summed E-state index contributed by atoms with van der Waals surface area (Å²) < 4.78 is 1.05. The summed E-state index contributed by atoms with van der Waals surface area (Å²) in [6.45, 7) is 5.96. The Morgan fingerprint density at radius 1 is 1.00 bits per heavy atom. The normalized spacial score (nSPS) is 10.3. The van der Waals surface area contributed by atoms with Crippen molar-refractivity contribution in [2.45, 2.75) is 25.7 Å². The number of thioether (sulfide) groups is 1. The number of halogens is 1. The van der Waals surface area contributed by atoms with Gasteiger partial charge in [0.2, 0.25) is 5.91 Å². The first-order valence-electron chi connectivity index (χ1n) is 7.42. The lowest BCUT2D eigenvalue weighted by Crippen LogP contribution is -2.42. The number of amides is 2. The van der Waals surface area contributed by atoms with Gasteiger partial charge in [0, 0.05) is 14.9 Å². The number of aryl methyl sites for hydroxylation is 3. The van der Waals surface area contributed by atoms with Crippen LogP contribution in [0.1, 0.15) is 27.0 Å². The fourth-order valence-electron chi connectivity index (χ4n) is 1.99. The van der Waals surface area contributed by atoms with Gasteiger partial charge in [-0.05, 0) is 56.2 Å². The van der Waals surface area contributed by atoms with Crippen molar-refractivity contribution in [2.24, 2.45) is 0 Å². The standard InChI is InChI=1S/C18H19BrN2O2S/c1-11-4-6-14(7-5-11)18(23)21-20-17(22)10-24-16-9-12(2)15(19)8-13(16)3/h4-9H,10H2,1-3H3,(H,20,22)(H,21,23). The Labute approximate surface area is 154 Å².